The van der Waals surface area contributed by atoms with Crippen molar-refractivity contribution in [2.45, 2.75) is 123 Å². The number of esters is 1. The molecule has 0 spiro atoms. The molecule has 4 nitrogen and oxygen atoms in total. The van der Waals surface area contributed by atoms with Crippen LogP contribution in [0.25, 0.3) is 0 Å². The van der Waals surface area contributed by atoms with Gasteiger partial charge in [-0.15, -0.1) is 0 Å². The number of hydrogen-bond acceptors (Lipinski definition) is 3. The summed E-state index contributed by atoms with van der Waals surface area (Å²) in [4.78, 5) is 23.2. The van der Waals surface area contributed by atoms with Gasteiger partial charge in [-0.05, 0) is 44.0 Å². The lowest BCUT2D eigenvalue weighted by Gasteiger charge is -2.13. The summed E-state index contributed by atoms with van der Waals surface area (Å²) >= 11 is 0. The van der Waals surface area contributed by atoms with Gasteiger partial charge in [0.15, 0.2) is 0 Å². The maximum Gasteiger partial charge on any atom is 0.338 e. The van der Waals surface area contributed by atoms with Crippen molar-refractivity contribution < 1.29 is 14.3 Å². The molecular weight excluding hydrogens is 386 g/mol. The molecule has 0 saturated heterocycles. The second-order valence-electron chi connectivity index (χ2n) is 8.90. The number of amides is 1. The van der Waals surface area contributed by atoms with Gasteiger partial charge in [0, 0.05) is 5.56 Å². The molecule has 1 rings (SSSR count). The first-order valence-corrected chi connectivity index (χ1v) is 12.7. The van der Waals surface area contributed by atoms with E-state index < -0.39 is 5.91 Å². The lowest BCUT2D eigenvalue weighted by molar-refractivity contribution is 0.0319. The molecule has 1 amide bonds. The third-order valence-corrected chi connectivity index (χ3v) is 5.93. The molecule has 176 valence electrons. The lowest BCUT2D eigenvalue weighted by Crippen LogP contribution is -2.16. The molecule has 4 heteroatoms. The highest BCUT2D eigenvalue weighted by molar-refractivity contribution is 5.95. The van der Waals surface area contributed by atoms with E-state index in [2.05, 4.69) is 6.92 Å². The molecule has 1 aromatic rings. The van der Waals surface area contributed by atoms with E-state index in [9.17, 15) is 9.59 Å². The maximum atomic E-state index is 12.2. The van der Waals surface area contributed by atoms with Gasteiger partial charge < -0.3 is 10.5 Å². The zero-order valence-corrected chi connectivity index (χ0v) is 20.0. The van der Waals surface area contributed by atoms with Gasteiger partial charge in [-0.2, -0.15) is 0 Å². The number of nitrogens with two attached hydrogens (primary N) is 1. The summed E-state index contributed by atoms with van der Waals surface area (Å²) < 4.78 is 5.50. The molecule has 0 bridgehead atoms. The van der Waals surface area contributed by atoms with Gasteiger partial charge in [-0.3, -0.25) is 4.79 Å². The van der Waals surface area contributed by atoms with Crippen molar-refractivity contribution in [3.63, 3.8) is 0 Å². The molecule has 0 fully saturated rings. The quantitative estimate of drug-likeness (QED) is 0.181. The Morgan fingerprint density at radius 1 is 0.710 bits per heavy atom. The Morgan fingerprint density at radius 3 is 1.52 bits per heavy atom. The zero-order valence-electron chi connectivity index (χ0n) is 20.0. The summed E-state index contributed by atoms with van der Waals surface area (Å²) in [5, 5.41) is 0. The smallest absolute Gasteiger partial charge is 0.338 e. The third kappa shape index (κ3) is 14.0. The first kappa shape index (κ1) is 27.2. The molecule has 0 radical (unpaired) electrons. The number of carbonyl (C=O) groups is 2. The highest BCUT2D eigenvalue weighted by Gasteiger charge is 2.12. The molecule has 1 unspecified atom stereocenters. The standard InChI is InChI=1S/C27H45NO3/c1-3-4-5-6-7-8-9-10-11-12-13-14-15-16-17-18-23(2)31-27(30)25-21-19-24(20-22-25)26(28)29/h19-23H,3-18H2,1-2H3,(H2,28,29). The van der Waals surface area contributed by atoms with Crippen molar-refractivity contribution >= 4 is 11.9 Å². The predicted octanol–water partition coefficient (Wildman–Crippen LogP) is 7.59. The number of hydrogen-bond donors (Lipinski definition) is 1. The maximum absolute atomic E-state index is 12.2. The molecule has 1 atom stereocenters. The average Bonchev–Trinajstić information content (AvgIpc) is 2.76. The third-order valence-electron chi connectivity index (χ3n) is 5.93. The summed E-state index contributed by atoms with van der Waals surface area (Å²) in [6.07, 6.45) is 21.0. The normalized spacial score (nSPS) is 11.9. The highest BCUT2D eigenvalue weighted by atomic mass is 16.5. The number of ether oxygens (including phenoxy) is 1. The highest BCUT2D eigenvalue weighted by Crippen LogP contribution is 2.15. The van der Waals surface area contributed by atoms with E-state index in [1.807, 2.05) is 6.92 Å². The van der Waals surface area contributed by atoms with Crippen molar-refractivity contribution in [3.8, 4) is 0 Å². The Kier molecular flexibility index (Phi) is 15.6. The van der Waals surface area contributed by atoms with Gasteiger partial charge in [0.1, 0.15) is 0 Å². The van der Waals surface area contributed by atoms with Gasteiger partial charge in [0.2, 0.25) is 5.91 Å². The van der Waals surface area contributed by atoms with E-state index in [0.717, 1.165) is 12.8 Å². The summed E-state index contributed by atoms with van der Waals surface area (Å²) in [7, 11) is 0. The molecule has 0 heterocycles. The van der Waals surface area contributed by atoms with Crippen LogP contribution in [0.4, 0.5) is 0 Å². The molecule has 1 aromatic carbocycles. The van der Waals surface area contributed by atoms with E-state index in [1.165, 1.54) is 89.9 Å². The first-order valence-electron chi connectivity index (χ1n) is 12.7. The van der Waals surface area contributed by atoms with Crippen molar-refractivity contribution in [2.75, 3.05) is 0 Å². The zero-order chi connectivity index (χ0) is 22.7. The van der Waals surface area contributed by atoms with Crippen LogP contribution in [0.1, 0.15) is 137 Å². The fraction of sp³-hybridized carbons (Fsp3) is 0.704. The summed E-state index contributed by atoms with van der Waals surface area (Å²) in [5.41, 5.74) is 6.06. The van der Waals surface area contributed by atoms with E-state index in [4.69, 9.17) is 10.5 Å². The van der Waals surface area contributed by atoms with E-state index in [1.54, 1.807) is 24.3 Å². The topological polar surface area (TPSA) is 69.4 Å². The minimum atomic E-state index is -0.499. The Morgan fingerprint density at radius 2 is 1.10 bits per heavy atom. The summed E-state index contributed by atoms with van der Waals surface area (Å²) in [5.74, 6) is -0.842. The molecule has 0 aliphatic rings. The number of rotatable bonds is 19. The Labute approximate surface area is 190 Å². The Hall–Kier alpha value is -1.84. The van der Waals surface area contributed by atoms with Crippen LogP contribution in [-0.2, 0) is 4.74 Å². The molecule has 2 N–H and O–H groups in total. The SMILES string of the molecule is CCCCCCCCCCCCCCCCCC(C)OC(=O)c1ccc(C(N)=O)cc1. The van der Waals surface area contributed by atoms with Crippen molar-refractivity contribution in [1.29, 1.82) is 0 Å². The lowest BCUT2D eigenvalue weighted by atomic mass is 10.0. The molecule has 0 aliphatic carbocycles. The number of primary amides is 1. The number of benzene rings is 1. The summed E-state index contributed by atoms with van der Waals surface area (Å²) in [6.45, 7) is 4.22. The van der Waals surface area contributed by atoms with Crippen LogP contribution in [0.3, 0.4) is 0 Å². The van der Waals surface area contributed by atoms with Gasteiger partial charge in [0.05, 0.1) is 11.7 Å². The van der Waals surface area contributed by atoms with Gasteiger partial charge in [0.25, 0.3) is 0 Å². The monoisotopic (exact) mass is 431 g/mol. The Balaban J connectivity index is 1.93. The first-order chi connectivity index (χ1) is 15.0. The summed E-state index contributed by atoms with van der Waals surface area (Å²) in [6, 6.07) is 6.28. The number of carbonyl (C=O) groups excluding carboxylic acids is 2. The van der Waals surface area contributed by atoms with Crippen molar-refractivity contribution in [2.24, 2.45) is 5.73 Å². The van der Waals surface area contributed by atoms with E-state index in [0.29, 0.717) is 11.1 Å². The van der Waals surface area contributed by atoms with Crippen LogP contribution in [0.5, 0.6) is 0 Å². The van der Waals surface area contributed by atoms with Crippen molar-refractivity contribution in [3.05, 3.63) is 35.4 Å². The van der Waals surface area contributed by atoms with Crippen LogP contribution in [0.2, 0.25) is 0 Å². The van der Waals surface area contributed by atoms with E-state index in [-0.39, 0.29) is 12.1 Å². The second kappa shape index (κ2) is 17.8. The van der Waals surface area contributed by atoms with Gasteiger partial charge >= 0.3 is 5.97 Å². The molecule has 0 aliphatic heterocycles. The Bertz CT molecular complexity index is 597. The minimum absolute atomic E-state index is 0.0923. The second-order valence-corrected chi connectivity index (χ2v) is 8.90. The fourth-order valence-electron chi connectivity index (χ4n) is 3.88. The van der Waals surface area contributed by atoms with Gasteiger partial charge in [-0.1, -0.05) is 96.8 Å². The van der Waals surface area contributed by atoms with Crippen LogP contribution in [0, 0.1) is 0 Å². The molecule has 0 aromatic heterocycles. The van der Waals surface area contributed by atoms with Crippen molar-refractivity contribution in [1.82, 2.24) is 0 Å². The number of unbranched alkanes of at least 4 members (excludes halogenated alkanes) is 14. The van der Waals surface area contributed by atoms with E-state index >= 15 is 0 Å². The van der Waals surface area contributed by atoms with Crippen LogP contribution >= 0.6 is 0 Å². The average molecular weight is 432 g/mol. The van der Waals surface area contributed by atoms with Crippen LogP contribution in [-0.4, -0.2) is 18.0 Å². The molecular formula is C27H45NO3. The molecule has 31 heavy (non-hydrogen) atoms. The predicted molar refractivity (Wildman–Crippen MR) is 129 cm³/mol. The van der Waals surface area contributed by atoms with Crippen LogP contribution in [0.15, 0.2) is 24.3 Å². The molecule has 0 saturated carbocycles. The fourth-order valence-corrected chi connectivity index (χ4v) is 3.88. The minimum Gasteiger partial charge on any atom is -0.459 e. The van der Waals surface area contributed by atoms with Gasteiger partial charge in [-0.25, -0.2) is 4.79 Å². The van der Waals surface area contributed by atoms with Crippen LogP contribution < -0.4 is 5.73 Å². The largest absolute Gasteiger partial charge is 0.459 e.